The Morgan fingerprint density at radius 1 is 1.30 bits per heavy atom. The van der Waals surface area contributed by atoms with Gasteiger partial charge in [-0.3, -0.25) is 14.9 Å². The molecule has 2 unspecified atom stereocenters. The highest BCUT2D eigenvalue weighted by Crippen LogP contribution is 2.45. The molecule has 20 heavy (non-hydrogen) atoms. The molecule has 2 atom stereocenters. The monoisotopic (exact) mass is 293 g/mol. The van der Waals surface area contributed by atoms with Crippen molar-refractivity contribution in [1.82, 2.24) is 0 Å². The molecule has 3 rings (SSSR count). The molecule has 1 aliphatic carbocycles. The topological polar surface area (TPSA) is 69.4 Å². The van der Waals surface area contributed by atoms with Crippen molar-refractivity contribution in [3.63, 3.8) is 0 Å². The number of benzene rings is 1. The van der Waals surface area contributed by atoms with Gasteiger partial charge in [-0.2, -0.15) is 0 Å². The Balaban J connectivity index is 2.12. The molecule has 1 aliphatic heterocycles. The summed E-state index contributed by atoms with van der Waals surface area (Å²) in [6.07, 6.45) is 0.402. The zero-order chi connectivity index (χ0) is 14.3. The van der Waals surface area contributed by atoms with Crippen LogP contribution in [-0.4, -0.2) is 16.9 Å². The fraction of sp³-hybridized carbons (Fsp3) is 0.357. The van der Waals surface area contributed by atoms with Gasteiger partial charge in [0.1, 0.15) is 11.7 Å². The van der Waals surface area contributed by atoms with Crippen LogP contribution in [0.25, 0.3) is 0 Å². The SMILES string of the molecule is O=C1CCCC2=C1C(c1ccccc1Cl)C([N+](=O)[O-])O2. The first kappa shape index (κ1) is 13.1. The molecule has 1 aromatic carbocycles. The van der Waals surface area contributed by atoms with Crippen LogP contribution in [-0.2, 0) is 9.53 Å². The van der Waals surface area contributed by atoms with Crippen molar-refractivity contribution in [3.8, 4) is 0 Å². The number of hydrogen-bond acceptors (Lipinski definition) is 4. The molecule has 0 fully saturated rings. The Morgan fingerprint density at radius 2 is 2.05 bits per heavy atom. The fourth-order valence-electron chi connectivity index (χ4n) is 2.86. The summed E-state index contributed by atoms with van der Waals surface area (Å²) in [6.45, 7) is 0. The van der Waals surface area contributed by atoms with E-state index in [1.54, 1.807) is 24.3 Å². The number of ketones is 1. The predicted molar refractivity (Wildman–Crippen MR) is 71.9 cm³/mol. The third kappa shape index (κ3) is 1.98. The van der Waals surface area contributed by atoms with Crippen LogP contribution in [0.3, 0.4) is 0 Å². The molecule has 6 heteroatoms. The van der Waals surface area contributed by atoms with Crippen molar-refractivity contribution in [2.45, 2.75) is 31.4 Å². The highest BCUT2D eigenvalue weighted by molar-refractivity contribution is 6.31. The van der Waals surface area contributed by atoms with Gasteiger partial charge in [0.05, 0.1) is 10.5 Å². The van der Waals surface area contributed by atoms with E-state index in [4.69, 9.17) is 16.3 Å². The van der Waals surface area contributed by atoms with Crippen molar-refractivity contribution in [3.05, 3.63) is 56.3 Å². The lowest BCUT2D eigenvalue weighted by Crippen LogP contribution is -2.27. The standard InChI is InChI=1S/C14H12ClNO4/c15-9-5-2-1-4-8(9)12-13-10(17)6-3-7-11(13)20-14(12)16(18)19/h1-2,4-5,12,14H,3,6-7H2. The number of ether oxygens (including phenoxy) is 1. The van der Waals surface area contributed by atoms with Gasteiger partial charge in [-0.05, 0) is 18.1 Å². The van der Waals surface area contributed by atoms with E-state index in [0.717, 1.165) is 0 Å². The van der Waals surface area contributed by atoms with Crippen LogP contribution in [0, 0.1) is 10.1 Å². The Bertz CT molecular complexity index is 625. The molecule has 2 aliphatic rings. The molecule has 0 saturated carbocycles. The lowest BCUT2D eigenvalue weighted by Gasteiger charge is -2.16. The quantitative estimate of drug-likeness (QED) is 0.621. The van der Waals surface area contributed by atoms with Crippen LogP contribution in [0.15, 0.2) is 35.6 Å². The normalized spacial score (nSPS) is 25.4. The van der Waals surface area contributed by atoms with Crippen LogP contribution in [0.2, 0.25) is 5.02 Å². The summed E-state index contributed by atoms with van der Waals surface area (Å²) in [6, 6.07) is 6.88. The van der Waals surface area contributed by atoms with Crippen LogP contribution in [0.1, 0.15) is 30.7 Å². The number of Topliss-reactive ketones (excluding diaryl/α,β-unsaturated/α-hetero) is 1. The summed E-state index contributed by atoms with van der Waals surface area (Å²) in [5.74, 6) is -0.310. The Kier molecular flexibility index (Phi) is 3.22. The zero-order valence-electron chi connectivity index (χ0n) is 10.5. The molecular formula is C14H12ClNO4. The molecule has 0 N–H and O–H groups in total. The van der Waals surface area contributed by atoms with E-state index >= 15 is 0 Å². The van der Waals surface area contributed by atoms with E-state index in [2.05, 4.69) is 0 Å². The van der Waals surface area contributed by atoms with Crippen molar-refractivity contribution in [2.24, 2.45) is 0 Å². The van der Waals surface area contributed by atoms with Crippen LogP contribution in [0.4, 0.5) is 0 Å². The first-order valence-corrected chi connectivity index (χ1v) is 6.78. The van der Waals surface area contributed by atoms with E-state index < -0.39 is 17.1 Å². The van der Waals surface area contributed by atoms with Gasteiger partial charge in [-0.25, -0.2) is 0 Å². The number of nitro groups is 1. The largest absolute Gasteiger partial charge is 0.433 e. The maximum Gasteiger partial charge on any atom is 0.364 e. The Hall–Kier alpha value is -1.88. The Morgan fingerprint density at radius 3 is 2.75 bits per heavy atom. The maximum atomic E-state index is 12.1. The summed E-state index contributed by atoms with van der Waals surface area (Å²) < 4.78 is 5.42. The third-order valence-electron chi connectivity index (χ3n) is 3.72. The lowest BCUT2D eigenvalue weighted by molar-refractivity contribution is -0.570. The number of carbonyl (C=O) groups is 1. The minimum absolute atomic E-state index is 0.0690. The molecule has 0 radical (unpaired) electrons. The van der Waals surface area contributed by atoms with Crippen LogP contribution in [0.5, 0.6) is 0 Å². The minimum atomic E-state index is -1.26. The van der Waals surface area contributed by atoms with E-state index in [1.807, 2.05) is 0 Å². The number of allylic oxidation sites excluding steroid dienone is 1. The molecular weight excluding hydrogens is 282 g/mol. The first-order valence-electron chi connectivity index (χ1n) is 6.40. The van der Waals surface area contributed by atoms with Gasteiger partial charge in [0.2, 0.25) is 0 Å². The molecule has 1 aromatic rings. The van der Waals surface area contributed by atoms with Gasteiger partial charge < -0.3 is 4.74 Å². The summed E-state index contributed by atoms with van der Waals surface area (Å²) in [7, 11) is 0. The van der Waals surface area contributed by atoms with Gasteiger partial charge in [-0.1, -0.05) is 29.8 Å². The molecule has 1 heterocycles. The second-order valence-electron chi connectivity index (χ2n) is 4.91. The molecule has 0 aromatic heterocycles. The van der Waals surface area contributed by atoms with Crippen molar-refractivity contribution >= 4 is 17.4 Å². The fourth-order valence-corrected chi connectivity index (χ4v) is 3.11. The van der Waals surface area contributed by atoms with Crippen molar-refractivity contribution in [2.75, 3.05) is 0 Å². The molecule has 0 saturated heterocycles. The highest BCUT2D eigenvalue weighted by Gasteiger charge is 2.49. The number of halogens is 1. The van der Waals surface area contributed by atoms with Gasteiger partial charge >= 0.3 is 6.23 Å². The van der Waals surface area contributed by atoms with E-state index in [9.17, 15) is 14.9 Å². The molecule has 5 nitrogen and oxygen atoms in total. The van der Waals surface area contributed by atoms with E-state index in [0.29, 0.717) is 41.2 Å². The molecule has 104 valence electrons. The van der Waals surface area contributed by atoms with Crippen molar-refractivity contribution < 1.29 is 14.5 Å². The first-order chi connectivity index (χ1) is 9.59. The lowest BCUT2D eigenvalue weighted by atomic mass is 9.84. The Labute approximate surface area is 120 Å². The maximum absolute atomic E-state index is 12.1. The number of hydrogen-bond donors (Lipinski definition) is 0. The summed E-state index contributed by atoms with van der Waals surface area (Å²) in [4.78, 5) is 22.9. The highest BCUT2D eigenvalue weighted by atomic mass is 35.5. The minimum Gasteiger partial charge on any atom is -0.433 e. The molecule has 0 amide bonds. The van der Waals surface area contributed by atoms with E-state index in [1.165, 1.54) is 0 Å². The molecule has 0 bridgehead atoms. The average molecular weight is 294 g/mol. The van der Waals surface area contributed by atoms with Crippen LogP contribution < -0.4 is 0 Å². The second kappa shape index (κ2) is 4.90. The zero-order valence-corrected chi connectivity index (χ0v) is 11.3. The van der Waals surface area contributed by atoms with Gasteiger partial charge in [-0.15, -0.1) is 0 Å². The summed E-state index contributed by atoms with van der Waals surface area (Å²) in [5.41, 5.74) is 1.02. The molecule has 0 spiro atoms. The number of rotatable bonds is 2. The number of nitrogens with zero attached hydrogens (tertiary/aromatic N) is 1. The second-order valence-corrected chi connectivity index (χ2v) is 5.31. The third-order valence-corrected chi connectivity index (χ3v) is 4.06. The number of carbonyl (C=O) groups excluding carboxylic acids is 1. The van der Waals surface area contributed by atoms with Gasteiger partial charge in [0.25, 0.3) is 0 Å². The van der Waals surface area contributed by atoms with E-state index in [-0.39, 0.29) is 5.78 Å². The van der Waals surface area contributed by atoms with Crippen LogP contribution >= 0.6 is 11.6 Å². The van der Waals surface area contributed by atoms with Gasteiger partial charge in [0.15, 0.2) is 5.78 Å². The van der Waals surface area contributed by atoms with Gasteiger partial charge in [0, 0.05) is 17.9 Å². The summed E-state index contributed by atoms with van der Waals surface area (Å²) in [5, 5.41) is 11.7. The average Bonchev–Trinajstić information content (AvgIpc) is 2.80. The smallest absolute Gasteiger partial charge is 0.364 e. The predicted octanol–water partition coefficient (Wildman–Crippen LogP) is 3.06. The summed E-state index contributed by atoms with van der Waals surface area (Å²) >= 11 is 6.14. The van der Waals surface area contributed by atoms with Crippen molar-refractivity contribution in [1.29, 1.82) is 0 Å².